The van der Waals surface area contributed by atoms with Crippen molar-refractivity contribution in [3.8, 4) is 0 Å². The standard InChI is InChI=1S/C19H36N2O4S/c1-15(2)17(26(23,24)16-7-5-4-6-8-16)18(22)21-13-19(14-25-3)9-11-20-12-10-19/h15-17,20H,4-14H2,1-3H3,(H,21,22). The van der Waals surface area contributed by atoms with Crippen molar-refractivity contribution < 1.29 is 17.9 Å². The highest BCUT2D eigenvalue weighted by Gasteiger charge is 2.42. The largest absolute Gasteiger partial charge is 0.384 e. The van der Waals surface area contributed by atoms with Gasteiger partial charge in [0.25, 0.3) is 0 Å². The normalized spacial score (nSPS) is 22.9. The quantitative estimate of drug-likeness (QED) is 0.663. The van der Waals surface area contributed by atoms with Crippen LogP contribution in [0.1, 0.15) is 58.8 Å². The first-order valence-corrected chi connectivity index (χ1v) is 11.6. The van der Waals surface area contributed by atoms with Gasteiger partial charge in [0.2, 0.25) is 5.91 Å². The van der Waals surface area contributed by atoms with Gasteiger partial charge in [0.1, 0.15) is 5.25 Å². The van der Waals surface area contributed by atoms with E-state index in [1.807, 2.05) is 13.8 Å². The summed E-state index contributed by atoms with van der Waals surface area (Å²) in [5, 5.41) is 5.00. The van der Waals surface area contributed by atoms with Crippen molar-refractivity contribution in [3.05, 3.63) is 0 Å². The van der Waals surface area contributed by atoms with Crippen molar-refractivity contribution in [3.63, 3.8) is 0 Å². The van der Waals surface area contributed by atoms with E-state index in [9.17, 15) is 13.2 Å². The molecule has 1 unspecified atom stereocenters. The molecule has 0 spiro atoms. The predicted octanol–water partition coefficient (Wildman–Crippen LogP) is 1.89. The summed E-state index contributed by atoms with van der Waals surface area (Å²) < 4.78 is 31.6. The Bertz CT molecular complexity index is 544. The van der Waals surface area contributed by atoms with Crippen molar-refractivity contribution >= 4 is 15.7 Å². The topological polar surface area (TPSA) is 84.5 Å². The van der Waals surface area contributed by atoms with Crippen LogP contribution in [-0.2, 0) is 19.4 Å². The Morgan fingerprint density at radius 2 is 1.81 bits per heavy atom. The van der Waals surface area contributed by atoms with E-state index in [1.54, 1.807) is 7.11 Å². The second kappa shape index (κ2) is 9.51. The van der Waals surface area contributed by atoms with E-state index in [2.05, 4.69) is 10.6 Å². The summed E-state index contributed by atoms with van der Waals surface area (Å²) in [6.45, 7) is 6.52. The van der Waals surface area contributed by atoms with Gasteiger partial charge in [-0.05, 0) is 44.7 Å². The molecule has 26 heavy (non-hydrogen) atoms. The van der Waals surface area contributed by atoms with Gasteiger partial charge in [-0.15, -0.1) is 0 Å². The molecule has 0 bridgehead atoms. The first kappa shape index (κ1) is 21.6. The molecule has 0 aromatic rings. The number of carbonyl (C=O) groups excluding carboxylic acids is 1. The number of rotatable bonds is 8. The molecule has 1 saturated carbocycles. The van der Waals surface area contributed by atoms with E-state index in [-0.39, 0.29) is 22.5 Å². The zero-order chi connectivity index (χ0) is 19.2. The molecule has 1 saturated heterocycles. The zero-order valence-electron chi connectivity index (χ0n) is 16.6. The summed E-state index contributed by atoms with van der Waals surface area (Å²) in [6.07, 6.45) is 6.21. The second-order valence-corrected chi connectivity index (χ2v) is 10.8. The van der Waals surface area contributed by atoms with E-state index < -0.39 is 15.1 Å². The van der Waals surface area contributed by atoms with Gasteiger partial charge >= 0.3 is 0 Å². The lowest BCUT2D eigenvalue weighted by Gasteiger charge is -2.38. The molecule has 6 nitrogen and oxygen atoms in total. The molecule has 2 N–H and O–H groups in total. The van der Waals surface area contributed by atoms with Crippen molar-refractivity contribution in [2.24, 2.45) is 11.3 Å². The van der Waals surface area contributed by atoms with E-state index in [4.69, 9.17) is 4.74 Å². The average Bonchev–Trinajstić information content (AvgIpc) is 2.61. The van der Waals surface area contributed by atoms with Crippen molar-refractivity contribution in [1.29, 1.82) is 0 Å². The van der Waals surface area contributed by atoms with Gasteiger partial charge in [0, 0.05) is 19.1 Å². The fourth-order valence-electron chi connectivity index (χ4n) is 4.44. The molecule has 0 aromatic heterocycles. The maximum absolute atomic E-state index is 13.1. The van der Waals surface area contributed by atoms with Crippen LogP contribution in [0.5, 0.6) is 0 Å². The van der Waals surface area contributed by atoms with E-state index in [0.29, 0.717) is 26.0 Å². The fraction of sp³-hybridized carbons (Fsp3) is 0.947. The Balaban J connectivity index is 2.07. The molecule has 0 aromatic carbocycles. The van der Waals surface area contributed by atoms with Crippen molar-refractivity contribution in [2.45, 2.75) is 69.3 Å². The minimum atomic E-state index is -3.46. The summed E-state index contributed by atoms with van der Waals surface area (Å²) in [6, 6.07) is 0. The maximum Gasteiger partial charge on any atom is 0.238 e. The molecule has 1 aliphatic carbocycles. The molecule has 2 aliphatic rings. The summed E-state index contributed by atoms with van der Waals surface area (Å²) in [7, 11) is -1.79. The lowest BCUT2D eigenvalue weighted by Crippen LogP contribution is -2.52. The first-order chi connectivity index (χ1) is 12.3. The highest BCUT2D eigenvalue weighted by atomic mass is 32.2. The summed E-state index contributed by atoms with van der Waals surface area (Å²) in [5.74, 6) is -0.562. The van der Waals surface area contributed by atoms with Gasteiger partial charge in [0.05, 0.1) is 11.9 Å². The number of carbonyl (C=O) groups is 1. The molecule has 1 heterocycles. The van der Waals surface area contributed by atoms with Gasteiger partial charge in [-0.2, -0.15) is 0 Å². The fourth-order valence-corrected chi connectivity index (χ4v) is 6.99. The Morgan fingerprint density at radius 1 is 1.19 bits per heavy atom. The van der Waals surface area contributed by atoms with Crippen LogP contribution in [0.15, 0.2) is 0 Å². The minimum Gasteiger partial charge on any atom is -0.384 e. The third kappa shape index (κ3) is 5.20. The van der Waals surface area contributed by atoms with E-state index in [0.717, 1.165) is 45.2 Å². The summed E-state index contributed by atoms with van der Waals surface area (Å²) in [4.78, 5) is 12.9. The van der Waals surface area contributed by atoms with Gasteiger partial charge in [-0.25, -0.2) is 8.42 Å². The number of sulfone groups is 1. The molecule has 1 aliphatic heterocycles. The van der Waals surface area contributed by atoms with Crippen LogP contribution in [0.4, 0.5) is 0 Å². The summed E-state index contributed by atoms with van der Waals surface area (Å²) in [5.41, 5.74) is -0.105. The first-order valence-electron chi connectivity index (χ1n) is 10.0. The van der Waals surface area contributed by atoms with Crippen molar-refractivity contribution in [2.75, 3.05) is 33.4 Å². The van der Waals surface area contributed by atoms with Gasteiger partial charge < -0.3 is 15.4 Å². The lowest BCUT2D eigenvalue weighted by atomic mass is 9.79. The number of ether oxygens (including phenoxy) is 1. The smallest absolute Gasteiger partial charge is 0.238 e. The SMILES string of the molecule is COCC1(CNC(=O)C(C(C)C)S(=O)(=O)C2CCCCC2)CCNCC1. The predicted molar refractivity (Wildman–Crippen MR) is 104 cm³/mol. The van der Waals surface area contributed by atoms with Crippen LogP contribution >= 0.6 is 0 Å². The molecule has 0 radical (unpaired) electrons. The highest BCUT2D eigenvalue weighted by molar-refractivity contribution is 7.93. The van der Waals surface area contributed by atoms with Crippen LogP contribution in [-0.4, -0.2) is 58.2 Å². The number of piperidine rings is 1. The average molecular weight is 389 g/mol. The third-order valence-electron chi connectivity index (χ3n) is 5.99. The number of methoxy groups -OCH3 is 1. The number of amides is 1. The lowest BCUT2D eigenvalue weighted by molar-refractivity contribution is -0.122. The molecule has 1 amide bonds. The molecule has 2 fully saturated rings. The van der Waals surface area contributed by atoms with Crippen LogP contribution < -0.4 is 10.6 Å². The molecule has 1 atom stereocenters. The minimum absolute atomic E-state index is 0.105. The number of nitrogens with one attached hydrogen (secondary N) is 2. The Kier molecular flexibility index (Phi) is 7.91. The van der Waals surface area contributed by atoms with Gasteiger partial charge in [-0.3, -0.25) is 4.79 Å². The molecule has 152 valence electrons. The second-order valence-electron chi connectivity index (χ2n) is 8.41. The number of hydrogen-bond donors (Lipinski definition) is 2. The number of hydrogen-bond acceptors (Lipinski definition) is 5. The van der Waals surface area contributed by atoms with Crippen LogP contribution in [0.25, 0.3) is 0 Å². The highest BCUT2D eigenvalue weighted by Crippen LogP contribution is 2.31. The summed E-state index contributed by atoms with van der Waals surface area (Å²) >= 11 is 0. The van der Waals surface area contributed by atoms with Crippen molar-refractivity contribution in [1.82, 2.24) is 10.6 Å². The van der Waals surface area contributed by atoms with E-state index in [1.165, 1.54) is 0 Å². The Morgan fingerprint density at radius 3 is 2.35 bits per heavy atom. The Labute approximate surface area is 158 Å². The molecule has 7 heteroatoms. The monoisotopic (exact) mass is 388 g/mol. The maximum atomic E-state index is 13.1. The van der Waals surface area contributed by atoms with Crippen LogP contribution in [0.3, 0.4) is 0 Å². The zero-order valence-corrected chi connectivity index (χ0v) is 17.4. The van der Waals surface area contributed by atoms with Crippen LogP contribution in [0, 0.1) is 11.3 Å². The van der Waals surface area contributed by atoms with Crippen LogP contribution in [0.2, 0.25) is 0 Å². The molecule has 2 rings (SSSR count). The molecular formula is C19H36N2O4S. The third-order valence-corrected chi connectivity index (χ3v) is 8.85. The Hall–Kier alpha value is -0.660. The van der Waals surface area contributed by atoms with Gasteiger partial charge in [-0.1, -0.05) is 33.1 Å². The molecular weight excluding hydrogens is 352 g/mol. The van der Waals surface area contributed by atoms with Gasteiger partial charge in [0.15, 0.2) is 9.84 Å². The van der Waals surface area contributed by atoms with E-state index >= 15 is 0 Å².